The van der Waals surface area contributed by atoms with Crippen molar-refractivity contribution in [3.8, 4) is 11.5 Å². The van der Waals surface area contributed by atoms with E-state index < -0.39 is 0 Å². The maximum absolute atomic E-state index is 10.4. The Balaban J connectivity index is 2.40. The molecule has 0 aliphatic rings. The zero-order valence-corrected chi connectivity index (χ0v) is 13.3. The third-order valence-electron chi connectivity index (χ3n) is 4.30. The predicted octanol–water partition coefficient (Wildman–Crippen LogP) is 3.91. The molecule has 4 nitrogen and oxygen atoms in total. The Morgan fingerprint density at radius 1 is 1.08 bits per heavy atom. The lowest BCUT2D eigenvalue weighted by molar-refractivity contribution is 0.408. The highest BCUT2D eigenvalue weighted by molar-refractivity contribution is 6.11. The van der Waals surface area contributed by atoms with Crippen LogP contribution in [0.4, 0.5) is 0 Å². The van der Waals surface area contributed by atoms with Gasteiger partial charge in [-0.2, -0.15) is 0 Å². The van der Waals surface area contributed by atoms with E-state index in [2.05, 4.69) is 6.07 Å². The molecule has 0 amide bonds. The number of aliphatic hydroxyl groups excluding tert-OH is 1. The number of aromatic hydroxyl groups is 1. The smallest absolute Gasteiger partial charge is 0.147 e. The van der Waals surface area contributed by atoms with Crippen molar-refractivity contribution < 1.29 is 19.4 Å². The molecule has 0 bridgehead atoms. The van der Waals surface area contributed by atoms with Crippen LogP contribution in [-0.4, -0.2) is 17.3 Å². The number of rotatable bonds is 1. The third kappa shape index (κ3) is 1.93. The average molecular weight is 320 g/mol. The fourth-order valence-corrected chi connectivity index (χ4v) is 3.27. The maximum Gasteiger partial charge on any atom is 0.147 e. The van der Waals surface area contributed by atoms with Crippen molar-refractivity contribution in [2.75, 3.05) is 7.11 Å². The van der Waals surface area contributed by atoms with Crippen molar-refractivity contribution in [3.05, 3.63) is 63.9 Å². The minimum Gasteiger partial charge on any atom is -0.515 e. The molecule has 1 heterocycles. The summed E-state index contributed by atoms with van der Waals surface area (Å²) in [6, 6.07) is 13.0. The first-order chi connectivity index (χ1) is 11.6. The molecule has 0 aliphatic carbocycles. The number of aliphatic hydroxyl groups is 1. The second-order valence-electron chi connectivity index (χ2n) is 5.80. The Labute approximate surface area is 137 Å². The summed E-state index contributed by atoms with van der Waals surface area (Å²) in [5, 5.41) is 23.8. The van der Waals surface area contributed by atoms with Crippen LogP contribution in [0.15, 0.2) is 46.9 Å². The van der Waals surface area contributed by atoms with Gasteiger partial charge in [0.15, 0.2) is 0 Å². The molecule has 4 heteroatoms. The Hall–Kier alpha value is -3.14. The zero-order valence-electron chi connectivity index (χ0n) is 13.3. The van der Waals surface area contributed by atoms with Crippen LogP contribution in [0.3, 0.4) is 0 Å². The topological polar surface area (TPSA) is 62.8 Å². The standard InChI is InChI=1S/C20H16O4/c1-11-8-12-6-7-15(22)19-18(12)17(9-11)24-20(19)13-4-3-5-16(23-2)14(13)10-21/h3-10,21-22H,1-2H3/b14-10-,20-13-. The van der Waals surface area contributed by atoms with Gasteiger partial charge in [-0.1, -0.05) is 24.3 Å². The van der Waals surface area contributed by atoms with Gasteiger partial charge >= 0.3 is 0 Å². The van der Waals surface area contributed by atoms with Gasteiger partial charge in [-0.25, -0.2) is 0 Å². The number of ether oxygens (including phenoxy) is 1. The average Bonchev–Trinajstić information content (AvgIpc) is 2.97. The molecular formula is C20H16O4. The normalized spacial score (nSPS) is 13.8. The fourth-order valence-electron chi connectivity index (χ4n) is 3.27. The van der Waals surface area contributed by atoms with E-state index >= 15 is 0 Å². The highest BCUT2D eigenvalue weighted by Crippen LogP contribution is 2.36. The first kappa shape index (κ1) is 14.5. The van der Waals surface area contributed by atoms with Gasteiger partial charge in [-0.05, 0) is 36.1 Å². The van der Waals surface area contributed by atoms with Gasteiger partial charge in [0.05, 0.1) is 24.0 Å². The van der Waals surface area contributed by atoms with Gasteiger partial charge in [-0.15, -0.1) is 0 Å². The molecule has 24 heavy (non-hydrogen) atoms. The number of hydrogen-bond donors (Lipinski definition) is 2. The summed E-state index contributed by atoms with van der Waals surface area (Å²) in [6.45, 7) is 2.00. The summed E-state index contributed by atoms with van der Waals surface area (Å²) in [5.74, 6) is 0.678. The van der Waals surface area contributed by atoms with Gasteiger partial charge in [-0.3, -0.25) is 0 Å². The zero-order chi connectivity index (χ0) is 16.8. The monoisotopic (exact) mass is 320 g/mol. The lowest BCUT2D eigenvalue weighted by atomic mass is 10.0. The van der Waals surface area contributed by atoms with Crippen LogP contribution in [0.5, 0.6) is 11.5 Å². The lowest BCUT2D eigenvalue weighted by Crippen LogP contribution is -2.08. The lowest BCUT2D eigenvalue weighted by Gasteiger charge is -2.01. The minimum atomic E-state index is 0.145. The summed E-state index contributed by atoms with van der Waals surface area (Å²) in [4.78, 5) is 0. The molecule has 0 saturated heterocycles. The molecule has 1 aromatic heterocycles. The molecule has 3 aromatic carbocycles. The largest absolute Gasteiger partial charge is 0.515 e. The summed E-state index contributed by atoms with van der Waals surface area (Å²) >= 11 is 0. The number of phenolic OH excluding ortho intramolecular Hbond substituents is 1. The van der Waals surface area contributed by atoms with Crippen LogP contribution in [0, 0.1) is 17.6 Å². The van der Waals surface area contributed by atoms with Crippen LogP contribution >= 0.6 is 0 Å². The van der Waals surface area contributed by atoms with E-state index in [1.165, 1.54) is 0 Å². The van der Waals surface area contributed by atoms with Crippen molar-refractivity contribution in [3.63, 3.8) is 0 Å². The van der Waals surface area contributed by atoms with E-state index in [4.69, 9.17) is 9.15 Å². The SMILES string of the molecule is COc1cccc(=c2/oc3cc(C)cc4ccc(O)c2c43)/c1=C/O. The molecule has 0 fully saturated rings. The number of aryl methyl sites for hydroxylation is 1. The maximum atomic E-state index is 10.4. The van der Waals surface area contributed by atoms with Crippen LogP contribution in [0.2, 0.25) is 0 Å². The molecule has 120 valence electrons. The first-order valence-corrected chi connectivity index (χ1v) is 7.60. The van der Waals surface area contributed by atoms with E-state index in [0.29, 0.717) is 32.6 Å². The summed E-state index contributed by atoms with van der Waals surface area (Å²) < 4.78 is 11.4. The number of phenols is 1. The molecule has 0 saturated carbocycles. The van der Waals surface area contributed by atoms with E-state index in [1.807, 2.05) is 31.2 Å². The fraction of sp³-hybridized carbons (Fsp3) is 0.100. The van der Waals surface area contributed by atoms with Gasteiger partial charge in [0.1, 0.15) is 22.5 Å². The number of benzene rings is 3. The third-order valence-corrected chi connectivity index (χ3v) is 4.30. The van der Waals surface area contributed by atoms with Gasteiger partial charge in [0, 0.05) is 10.6 Å². The molecule has 0 spiro atoms. The van der Waals surface area contributed by atoms with Crippen LogP contribution in [0.25, 0.3) is 28.0 Å². The summed E-state index contributed by atoms with van der Waals surface area (Å²) in [6.07, 6.45) is 0.996. The van der Waals surface area contributed by atoms with Gasteiger partial charge in [0.2, 0.25) is 0 Å². The quantitative estimate of drug-likeness (QED) is 0.558. The molecule has 4 rings (SSSR count). The van der Waals surface area contributed by atoms with Gasteiger partial charge in [0.25, 0.3) is 0 Å². The number of methoxy groups -OCH3 is 1. The molecule has 4 aromatic rings. The Kier molecular flexibility index (Phi) is 3.13. The van der Waals surface area contributed by atoms with E-state index in [1.54, 1.807) is 19.2 Å². The van der Waals surface area contributed by atoms with E-state index in [0.717, 1.165) is 22.6 Å². The van der Waals surface area contributed by atoms with Gasteiger partial charge < -0.3 is 19.4 Å². The summed E-state index contributed by atoms with van der Waals surface area (Å²) in [5.41, 5.74) is 2.30. The summed E-state index contributed by atoms with van der Waals surface area (Å²) in [7, 11) is 1.54. The van der Waals surface area contributed by atoms with Crippen molar-refractivity contribution >= 4 is 28.0 Å². The van der Waals surface area contributed by atoms with E-state index in [9.17, 15) is 10.2 Å². The molecule has 0 radical (unpaired) electrons. The number of hydrogen-bond acceptors (Lipinski definition) is 4. The Morgan fingerprint density at radius 2 is 1.92 bits per heavy atom. The van der Waals surface area contributed by atoms with Crippen LogP contribution in [-0.2, 0) is 0 Å². The number of furan rings is 1. The highest BCUT2D eigenvalue weighted by Gasteiger charge is 2.14. The Bertz CT molecular complexity index is 1220. The van der Waals surface area contributed by atoms with Crippen molar-refractivity contribution in [2.24, 2.45) is 0 Å². The second-order valence-corrected chi connectivity index (χ2v) is 5.80. The first-order valence-electron chi connectivity index (χ1n) is 7.60. The minimum absolute atomic E-state index is 0.145. The molecule has 0 atom stereocenters. The molecule has 2 N–H and O–H groups in total. The predicted molar refractivity (Wildman–Crippen MR) is 93.1 cm³/mol. The van der Waals surface area contributed by atoms with Crippen LogP contribution in [0.1, 0.15) is 5.56 Å². The van der Waals surface area contributed by atoms with Crippen LogP contribution < -0.4 is 9.96 Å². The highest BCUT2D eigenvalue weighted by atomic mass is 16.5. The second kappa shape index (κ2) is 5.20. The molecule has 0 aliphatic heterocycles. The Morgan fingerprint density at radius 3 is 2.67 bits per heavy atom. The van der Waals surface area contributed by atoms with Crippen molar-refractivity contribution in [1.82, 2.24) is 0 Å². The molecule has 0 unspecified atom stereocenters. The van der Waals surface area contributed by atoms with E-state index in [-0.39, 0.29) is 5.75 Å². The molecular weight excluding hydrogens is 304 g/mol. The van der Waals surface area contributed by atoms with Crippen molar-refractivity contribution in [2.45, 2.75) is 6.92 Å². The van der Waals surface area contributed by atoms with Crippen molar-refractivity contribution in [1.29, 1.82) is 0 Å².